The van der Waals surface area contributed by atoms with Crippen molar-refractivity contribution in [1.29, 1.82) is 0 Å². The molecule has 2 aromatic heterocycles. The van der Waals surface area contributed by atoms with Crippen LogP contribution < -0.4 is 5.73 Å². The predicted molar refractivity (Wildman–Crippen MR) is 80.3 cm³/mol. The molecule has 0 aliphatic carbocycles. The van der Waals surface area contributed by atoms with Crippen LogP contribution in [0, 0.1) is 0 Å². The van der Waals surface area contributed by atoms with Crippen molar-refractivity contribution in [1.82, 2.24) is 15.0 Å². The molecule has 0 spiro atoms. The number of pyridine rings is 1. The lowest BCUT2D eigenvalue weighted by Gasteiger charge is -1.98. The third kappa shape index (κ3) is 2.53. The van der Waals surface area contributed by atoms with Gasteiger partial charge in [0.25, 0.3) is 0 Å². The summed E-state index contributed by atoms with van der Waals surface area (Å²) in [5.74, 6) is 0.532. The number of para-hydroxylation sites is 1. The van der Waals surface area contributed by atoms with Crippen LogP contribution in [0.25, 0.3) is 22.6 Å². The maximum atomic E-state index is 11.8. The molecule has 0 unspecified atom stereocenters. The second-order valence-electron chi connectivity index (χ2n) is 4.77. The highest BCUT2D eigenvalue weighted by Gasteiger charge is 2.16. The molecule has 3 rings (SSSR count). The number of sulfone groups is 1. The minimum Gasteiger partial charge on any atom is -0.337 e. The normalized spacial score (nSPS) is 11.9. The van der Waals surface area contributed by atoms with E-state index in [4.69, 9.17) is 5.73 Å². The molecule has 2 heterocycles. The van der Waals surface area contributed by atoms with Gasteiger partial charge in [0.1, 0.15) is 11.2 Å². The molecule has 0 aliphatic rings. The summed E-state index contributed by atoms with van der Waals surface area (Å²) >= 11 is 0. The molecule has 108 valence electrons. The highest BCUT2D eigenvalue weighted by molar-refractivity contribution is 7.91. The largest absolute Gasteiger partial charge is 0.337 e. The molecular formula is C14H14N4O2S. The van der Waals surface area contributed by atoms with Gasteiger partial charge >= 0.3 is 0 Å². The SMILES string of the molecule is CS(=O)(=O)c1cccc2[nH]c(-c3ccc(CN)cn3)nc12. The maximum Gasteiger partial charge on any atom is 0.177 e. The van der Waals surface area contributed by atoms with Gasteiger partial charge in [-0.15, -0.1) is 0 Å². The standard InChI is InChI=1S/C14H14N4O2S/c1-21(19,20)12-4-2-3-10-13(12)18-14(17-10)11-6-5-9(7-15)8-16-11/h2-6,8H,7,15H2,1H3,(H,17,18). The Hall–Kier alpha value is -2.25. The Bertz CT molecular complexity index is 898. The number of aromatic amines is 1. The number of fused-ring (bicyclic) bond motifs is 1. The number of rotatable bonds is 3. The van der Waals surface area contributed by atoms with E-state index in [2.05, 4.69) is 15.0 Å². The number of nitrogens with two attached hydrogens (primary N) is 1. The fourth-order valence-electron chi connectivity index (χ4n) is 2.11. The van der Waals surface area contributed by atoms with E-state index in [1.165, 1.54) is 6.26 Å². The van der Waals surface area contributed by atoms with E-state index in [0.717, 1.165) is 5.56 Å². The number of aromatic nitrogens is 3. The summed E-state index contributed by atoms with van der Waals surface area (Å²) in [6.45, 7) is 0.422. The second kappa shape index (κ2) is 4.94. The van der Waals surface area contributed by atoms with Gasteiger partial charge in [-0.2, -0.15) is 0 Å². The molecule has 0 atom stereocenters. The van der Waals surface area contributed by atoms with Crippen molar-refractivity contribution in [3.8, 4) is 11.5 Å². The van der Waals surface area contributed by atoms with Crippen LogP contribution in [0.15, 0.2) is 41.4 Å². The summed E-state index contributed by atoms with van der Waals surface area (Å²) in [4.78, 5) is 12.0. The average Bonchev–Trinajstić information content (AvgIpc) is 2.90. The molecule has 0 radical (unpaired) electrons. The van der Waals surface area contributed by atoms with E-state index >= 15 is 0 Å². The molecular weight excluding hydrogens is 288 g/mol. The second-order valence-corrected chi connectivity index (χ2v) is 6.75. The van der Waals surface area contributed by atoms with Gasteiger partial charge in [0.15, 0.2) is 15.7 Å². The van der Waals surface area contributed by atoms with Crippen molar-refractivity contribution in [2.45, 2.75) is 11.4 Å². The minimum atomic E-state index is -3.33. The van der Waals surface area contributed by atoms with Gasteiger partial charge in [0.2, 0.25) is 0 Å². The summed E-state index contributed by atoms with van der Waals surface area (Å²) in [5.41, 5.74) is 8.20. The van der Waals surface area contributed by atoms with Gasteiger partial charge in [0.05, 0.1) is 10.4 Å². The van der Waals surface area contributed by atoms with E-state index in [0.29, 0.717) is 29.1 Å². The number of H-pyrrole nitrogens is 1. The predicted octanol–water partition coefficient (Wildman–Crippen LogP) is 1.49. The smallest absolute Gasteiger partial charge is 0.177 e. The molecule has 21 heavy (non-hydrogen) atoms. The molecule has 0 fully saturated rings. The molecule has 6 nitrogen and oxygen atoms in total. The van der Waals surface area contributed by atoms with Gasteiger partial charge in [-0.05, 0) is 23.8 Å². The van der Waals surface area contributed by atoms with Crippen LogP contribution in [0.4, 0.5) is 0 Å². The first kappa shape index (κ1) is 13.7. The number of nitrogens with zero attached hydrogens (tertiary/aromatic N) is 2. The Kier molecular flexibility index (Phi) is 3.23. The molecule has 7 heteroatoms. The van der Waals surface area contributed by atoms with Crippen LogP contribution >= 0.6 is 0 Å². The zero-order valence-corrected chi connectivity index (χ0v) is 12.2. The first-order valence-electron chi connectivity index (χ1n) is 6.33. The Morgan fingerprint density at radius 2 is 2.05 bits per heavy atom. The zero-order valence-electron chi connectivity index (χ0n) is 11.4. The zero-order chi connectivity index (χ0) is 15.0. The van der Waals surface area contributed by atoms with E-state index in [-0.39, 0.29) is 4.90 Å². The van der Waals surface area contributed by atoms with Crippen LogP contribution in [0.2, 0.25) is 0 Å². The van der Waals surface area contributed by atoms with E-state index in [9.17, 15) is 8.42 Å². The summed E-state index contributed by atoms with van der Waals surface area (Å²) in [7, 11) is -3.33. The maximum absolute atomic E-state index is 11.8. The molecule has 0 saturated heterocycles. The van der Waals surface area contributed by atoms with Crippen LogP contribution in [0.3, 0.4) is 0 Å². The topological polar surface area (TPSA) is 102 Å². The molecule has 3 aromatic rings. The molecule has 3 N–H and O–H groups in total. The fraction of sp³-hybridized carbons (Fsp3) is 0.143. The van der Waals surface area contributed by atoms with Gasteiger partial charge in [0, 0.05) is 19.0 Å². The minimum absolute atomic E-state index is 0.209. The number of hydrogen-bond donors (Lipinski definition) is 2. The summed E-state index contributed by atoms with van der Waals surface area (Å²) in [6.07, 6.45) is 2.85. The first-order valence-corrected chi connectivity index (χ1v) is 8.22. The Morgan fingerprint density at radius 3 is 2.67 bits per heavy atom. The molecule has 0 amide bonds. The van der Waals surface area contributed by atoms with E-state index < -0.39 is 9.84 Å². The number of nitrogens with one attached hydrogen (secondary N) is 1. The average molecular weight is 302 g/mol. The quantitative estimate of drug-likeness (QED) is 0.763. The Labute approximate surface area is 122 Å². The van der Waals surface area contributed by atoms with Crippen LogP contribution in [-0.4, -0.2) is 29.6 Å². The van der Waals surface area contributed by atoms with Gasteiger partial charge in [-0.25, -0.2) is 13.4 Å². The number of hydrogen-bond acceptors (Lipinski definition) is 5. The van der Waals surface area contributed by atoms with Crippen molar-refractivity contribution in [3.63, 3.8) is 0 Å². The fourth-order valence-corrected chi connectivity index (χ4v) is 2.94. The van der Waals surface area contributed by atoms with Crippen molar-refractivity contribution < 1.29 is 8.42 Å². The van der Waals surface area contributed by atoms with Crippen molar-refractivity contribution in [3.05, 3.63) is 42.1 Å². The third-order valence-electron chi connectivity index (χ3n) is 3.18. The Balaban J connectivity index is 2.17. The Morgan fingerprint density at radius 1 is 1.24 bits per heavy atom. The third-order valence-corrected chi connectivity index (χ3v) is 4.31. The lowest BCUT2D eigenvalue weighted by molar-refractivity contribution is 0.602. The summed E-state index contributed by atoms with van der Waals surface area (Å²) in [5, 5.41) is 0. The van der Waals surface area contributed by atoms with Crippen molar-refractivity contribution >= 4 is 20.9 Å². The number of benzene rings is 1. The highest BCUT2D eigenvalue weighted by Crippen LogP contribution is 2.24. The molecule has 0 bridgehead atoms. The van der Waals surface area contributed by atoms with Crippen LogP contribution in [0.1, 0.15) is 5.56 Å². The monoisotopic (exact) mass is 302 g/mol. The lowest BCUT2D eigenvalue weighted by atomic mass is 10.2. The highest BCUT2D eigenvalue weighted by atomic mass is 32.2. The van der Waals surface area contributed by atoms with Gasteiger partial charge < -0.3 is 10.7 Å². The summed E-state index contributed by atoms with van der Waals surface area (Å²) < 4.78 is 23.6. The van der Waals surface area contributed by atoms with Gasteiger partial charge in [-0.3, -0.25) is 4.98 Å². The van der Waals surface area contributed by atoms with Crippen LogP contribution in [-0.2, 0) is 16.4 Å². The van der Waals surface area contributed by atoms with Crippen molar-refractivity contribution in [2.75, 3.05) is 6.26 Å². The lowest BCUT2D eigenvalue weighted by Crippen LogP contribution is -1.98. The van der Waals surface area contributed by atoms with E-state index in [1.54, 1.807) is 30.5 Å². The van der Waals surface area contributed by atoms with Gasteiger partial charge in [-0.1, -0.05) is 12.1 Å². The molecule has 0 saturated carbocycles. The van der Waals surface area contributed by atoms with Crippen LogP contribution in [0.5, 0.6) is 0 Å². The first-order chi connectivity index (χ1) is 9.99. The summed E-state index contributed by atoms with van der Waals surface area (Å²) in [6, 6.07) is 8.70. The van der Waals surface area contributed by atoms with Crippen molar-refractivity contribution in [2.24, 2.45) is 5.73 Å². The molecule has 1 aromatic carbocycles. The molecule has 0 aliphatic heterocycles. The van der Waals surface area contributed by atoms with E-state index in [1.807, 2.05) is 6.07 Å². The number of imidazole rings is 1.